The number of aryl methyl sites for hydroxylation is 1. The van der Waals surface area contributed by atoms with Crippen molar-refractivity contribution in [2.24, 2.45) is 0 Å². The van der Waals surface area contributed by atoms with E-state index in [-0.39, 0.29) is 25.1 Å². The molecule has 3 nitrogen and oxygen atoms in total. The van der Waals surface area contributed by atoms with Crippen LogP contribution in [-0.2, 0) is 6.42 Å². The normalized spacial score (nSPS) is 20.2. The van der Waals surface area contributed by atoms with Crippen LogP contribution in [0.2, 0.25) is 0 Å². The lowest BCUT2D eigenvalue weighted by Gasteiger charge is -2.41. The molecule has 1 aliphatic heterocycles. The van der Waals surface area contributed by atoms with Crippen molar-refractivity contribution in [3.63, 3.8) is 0 Å². The minimum absolute atomic E-state index is 0. The molecule has 3 aromatic rings. The Labute approximate surface area is 174 Å². The van der Waals surface area contributed by atoms with E-state index in [1.165, 1.54) is 47.7 Å². The molecular weight excluding hydrogens is 368 g/mol. The fraction of sp³-hybridized carbons (Fsp3) is 0.417. The van der Waals surface area contributed by atoms with Gasteiger partial charge in [-0.05, 0) is 62.4 Å². The summed E-state index contributed by atoms with van der Waals surface area (Å²) in [5.41, 5.74) is 4.03. The first-order valence-corrected chi connectivity index (χ1v) is 10.3. The number of halogens is 1. The quantitative estimate of drug-likeness (QED) is 0.540. The second-order valence-electron chi connectivity index (χ2n) is 7.76. The molecule has 28 heavy (non-hydrogen) atoms. The van der Waals surface area contributed by atoms with Gasteiger partial charge in [0.05, 0.1) is 6.61 Å². The van der Waals surface area contributed by atoms with E-state index in [0.29, 0.717) is 5.92 Å². The van der Waals surface area contributed by atoms with Gasteiger partial charge >= 0.3 is 0 Å². The van der Waals surface area contributed by atoms with Crippen molar-refractivity contribution in [2.75, 3.05) is 19.7 Å². The molecule has 2 atom stereocenters. The number of nitrogens with one attached hydrogen (secondary N) is 1. The lowest BCUT2D eigenvalue weighted by atomic mass is 9.83. The van der Waals surface area contributed by atoms with Gasteiger partial charge in [-0.25, -0.2) is 0 Å². The fourth-order valence-electron chi connectivity index (χ4n) is 4.71. The lowest BCUT2D eigenvalue weighted by Crippen LogP contribution is -2.46. The predicted molar refractivity (Wildman–Crippen MR) is 119 cm³/mol. The molecule has 0 aliphatic carbocycles. The third-order valence-electron chi connectivity index (χ3n) is 6.13. The molecule has 4 heteroatoms. The van der Waals surface area contributed by atoms with Crippen molar-refractivity contribution in [1.82, 2.24) is 9.88 Å². The first-order valence-electron chi connectivity index (χ1n) is 10.3. The Balaban J connectivity index is 0.00000225. The summed E-state index contributed by atoms with van der Waals surface area (Å²) in [6.07, 6.45) is 8.04. The Morgan fingerprint density at radius 2 is 1.79 bits per heavy atom. The van der Waals surface area contributed by atoms with E-state index in [4.69, 9.17) is 0 Å². The van der Waals surface area contributed by atoms with Crippen molar-refractivity contribution in [3.8, 4) is 0 Å². The highest BCUT2D eigenvalue weighted by Crippen LogP contribution is 2.32. The van der Waals surface area contributed by atoms with Crippen LogP contribution in [0.5, 0.6) is 0 Å². The van der Waals surface area contributed by atoms with E-state index in [1.807, 2.05) is 0 Å². The Hall–Kier alpha value is -1.81. The lowest BCUT2D eigenvalue weighted by molar-refractivity contribution is 0.0717. The number of piperidine rings is 1. The number of aliphatic hydroxyl groups is 1. The second-order valence-corrected chi connectivity index (χ2v) is 7.76. The molecular formula is C24H31ClN2O. The second kappa shape index (κ2) is 10.1. The zero-order chi connectivity index (χ0) is 18.5. The SMILES string of the molecule is Cl.OCC1C(c2ccccc2)CCCN1CCCCc1c[nH]c2ccccc12. The summed E-state index contributed by atoms with van der Waals surface area (Å²) in [6, 6.07) is 19.5. The summed E-state index contributed by atoms with van der Waals surface area (Å²) < 4.78 is 0. The average Bonchev–Trinajstić information content (AvgIpc) is 3.15. The molecule has 0 saturated carbocycles. The summed E-state index contributed by atoms with van der Waals surface area (Å²) in [7, 11) is 0. The van der Waals surface area contributed by atoms with Gasteiger partial charge in [-0.2, -0.15) is 0 Å². The van der Waals surface area contributed by atoms with Gasteiger partial charge in [0.2, 0.25) is 0 Å². The zero-order valence-corrected chi connectivity index (χ0v) is 17.2. The minimum Gasteiger partial charge on any atom is -0.395 e. The van der Waals surface area contributed by atoms with Gasteiger partial charge < -0.3 is 10.1 Å². The van der Waals surface area contributed by atoms with Crippen LogP contribution in [0, 0.1) is 0 Å². The van der Waals surface area contributed by atoms with Gasteiger partial charge in [0.25, 0.3) is 0 Å². The van der Waals surface area contributed by atoms with E-state index in [2.05, 4.69) is 70.7 Å². The van der Waals surface area contributed by atoms with Crippen molar-refractivity contribution >= 4 is 23.3 Å². The summed E-state index contributed by atoms with van der Waals surface area (Å²) in [5.74, 6) is 0.457. The molecule has 2 N–H and O–H groups in total. The first kappa shape index (κ1) is 20.9. The number of hydrogen-bond donors (Lipinski definition) is 2. The maximum absolute atomic E-state index is 10.1. The summed E-state index contributed by atoms with van der Waals surface area (Å²) in [4.78, 5) is 5.90. The van der Waals surface area contributed by atoms with Gasteiger partial charge in [0.1, 0.15) is 0 Å². The van der Waals surface area contributed by atoms with Crippen molar-refractivity contribution in [1.29, 1.82) is 0 Å². The minimum atomic E-state index is 0. The molecule has 1 aliphatic rings. The van der Waals surface area contributed by atoms with Gasteiger partial charge in [0, 0.05) is 29.1 Å². The number of aromatic amines is 1. The molecule has 1 aromatic heterocycles. The molecule has 1 saturated heterocycles. The van der Waals surface area contributed by atoms with E-state index in [0.717, 1.165) is 19.5 Å². The maximum atomic E-state index is 10.1. The molecule has 2 unspecified atom stereocenters. The Bertz CT molecular complexity index is 848. The van der Waals surface area contributed by atoms with Crippen LogP contribution in [0.25, 0.3) is 10.9 Å². The van der Waals surface area contributed by atoms with Crippen molar-refractivity contribution < 1.29 is 5.11 Å². The zero-order valence-electron chi connectivity index (χ0n) is 16.4. The highest BCUT2D eigenvalue weighted by atomic mass is 35.5. The summed E-state index contributed by atoms with van der Waals surface area (Å²) >= 11 is 0. The molecule has 150 valence electrons. The van der Waals surface area contributed by atoms with Gasteiger partial charge in [-0.3, -0.25) is 4.90 Å². The van der Waals surface area contributed by atoms with E-state index < -0.39 is 0 Å². The van der Waals surface area contributed by atoms with Crippen LogP contribution in [0.1, 0.15) is 42.7 Å². The molecule has 4 rings (SSSR count). The van der Waals surface area contributed by atoms with E-state index in [1.54, 1.807) is 0 Å². The maximum Gasteiger partial charge on any atom is 0.0592 e. The smallest absolute Gasteiger partial charge is 0.0592 e. The van der Waals surface area contributed by atoms with Gasteiger partial charge in [-0.15, -0.1) is 12.4 Å². The highest BCUT2D eigenvalue weighted by molar-refractivity contribution is 5.85. The Kier molecular flexibility index (Phi) is 7.55. The number of benzene rings is 2. The molecule has 2 aromatic carbocycles. The molecule has 0 spiro atoms. The third-order valence-corrected chi connectivity index (χ3v) is 6.13. The number of nitrogens with zero attached hydrogens (tertiary/aromatic N) is 1. The number of hydrogen-bond acceptors (Lipinski definition) is 2. The van der Waals surface area contributed by atoms with E-state index >= 15 is 0 Å². The molecule has 2 heterocycles. The van der Waals surface area contributed by atoms with Crippen LogP contribution in [0.4, 0.5) is 0 Å². The van der Waals surface area contributed by atoms with Crippen LogP contribution in [0.15, 0.2) is 60.8 Å². The monoisotopic (exact) mass is 398 g/mol. The van der Waals surface area contributed by atoms with Crippen LogP contribution < -0.4 is 0 Å². The molecule has 1 fully saturated rings. The number of unbranched alkanes of at least 4 members (excludes halogenated alkanes) is 1. The van der Waals surface area contributed by atoms with Gasteiger partial charge in [0.15, 0.2) is 0 Å². The number of aliphatic hydroxyl groups excluding tert-OH is 1. The van der Waals surface area contributed by atoms with Crippen LogP contribution in [0.3, 0.4) is 0 Å². The summed E-state index contributed by atoms with van der Waals surface area (Å²) in [6.45, 7) is 2.45. The first-order chi connectivity index (χ1) is 13.4. The number of fused-ring (bicyclic) bond motifs is 1. The standard InChI is InChI=1S/C24H30N2O.ClH/c27-18-24-22(19-9-2-1-3-10-19)13-8-16-26(24)15-7-6-11-20-17-25-23-14-5-4-12-21(20)23;/h1-5,9-10,12,14,17,22,24-25,27H,6-8,11,13,15-16,18H2;1H. The summed E-state index contributed by atoms with van der Waals surface area (Å²) in [5, 5.41) is 11.4. The van der Waals surface area contributed by atoms with E-state index in [9.17, 15) is 5.11 Å². The number of H-pyrrole nitrogens is 1. The van der Waals surface area contributed by atoms with Crippen molar-refractivity contribution in [3.05, 3.63) is 71.9 Å². The topological polar surface area (TPSA) is 39.3 Å². The third kappa shape index (κ3) is 4.60. The van der Waals surface area contributed by atoms with Crippen LogP contribution in [-0.4, -0.2) is 40.7 Å². The van der Waals surface area contributed by atoms with Crippen LogP contribution >= 0.6 is 12.4 Å². The van der Waals surface area contributed by atoms with Gasteiger partial charge in [-0.1, -0.05) is 48.5 Å². The largest absolute Gasteiger partial charge is 0.395 e. The average molecular weight is 399 g/mol. The predicted octanol–water partition coefficient (Wildman–Crippen LogP) is 5.15. The number of rotatable bonds is 7. The molecule has 0 amide bonds. The Morgan fingerprint density at radius 1 is 1.00 bits per heavy atom. The highest BCUT2D eigenvalue weighted by Gasteiger charge is 2.31. The Morgan fingerprint density at radius 3 is 2.61 bits per heavy atom. The van der Waals surface area contributed by atoms with Crippen molar-refractivity contribution in [2.45, 2.75) is 44.1 Å². The fourth-order valence-corrected chi connectivity index (χ4v) is 4.71. The number of aromatic nitrogens is 1. The molecule has 0 radical (unpaired) electrons. The number of para-hydroxylation sites is 1. The number of likely N-dealkylation sites (tertiary alicyclic amines) is 1. The molecule has 0 bridgehead atoms.